The Bertz CT molecular complexity index is 806. The van der Waals surface area contributed by atoms with Gasteiger partial charge in [-0.3, -0.25) is 14.4 Å². The minimum absolute atomic E-state index is 0.315. The van der Waals surface area contributed by atoms with Gasteiger partial charge in [0.05, 0.1) is 6.61 Å². The summed E-state index contributed by atoms with van der Waals surface area (Å²) >= 11 is 0. The van der Waals surface area contributed by atoms with Gasteiger partial charge < -0.3 is 20.1 Å². The second-order valence-corrected chi connectivity index (χ2v) is 6.66. The maximum absolute atomic E-state index is 12.1. The summed E-state index contributed by atoms with van der Waals surface area (Å²) in [6.07, 6.45) is 2.71. The van der Waals surface area contributed by atoms with Crippen molar-refractivity contribution in [2.24, 2.45) is 0 Å². The van der Waals surface area contributed by atoms with Crippen LogP contribution in [0.25, 0.3) is 0 Å². The third-order valence-electron chi connectivity index (χ3n) is 4.22. The summed E-state index contributed by atoms with van der Waals surface area (Å²) < 4.78 is 10.4. The number of rotatable bonds is 12. The van der Waals surface area contributed by atoms with Crippen molar-refractivity contribution in [2.75, 3.05) is 26.3 Å². The minimum Gasteiger partial charge on any atom is -0.494 e. The maximum Gasteiger partial charge on any atom is 0.325 e. The molecule has 0 saturated heterocycles. The molecule has 0 bridgehead atoms. The first-order chi connectivity index (χ1) is 14.6. The Hall–Kier alpha value is -3.35. The lowest BCUT2D eigenvalue weighted by atomic mass is 10.1. The van der Waals surface area contributed by atoms with Crippen LogP contribution in [-0.4, -0.2) is 44.1 Å². The molecule has 0 aromatic heterocycles. The number of ether oxygens (including phenoxy) is 2. The van der Waals surface area contributed by atoms with Crippen molar-refractivity contribution in [1.82, 2.24) is 10.6 Å². The van der Waals surface area contributed by atoms with E-state index in [4.69, 9.17) is 9.47 Å². The molecule has 0 aliphatic heterocycles. The summed E-state index contributed by atoms with van der Waals surface area (Å²) in [7, 11) is 0. The van der Waals surface area contributed by atoms with Crippen LogP contribution >= 0.6 is 0 Å². The van der Waals surface area contributed by atoms with E-state index in [2.05, 4.69) is 17.6 Å². The molecule has 2 rings (SSSR count). The van der Waals surface area contributed by atoms with Crippen LogP contribution in [0.4, 0.5) is 0 Å². The molecule has 7 nitrogen and oxygen atoms in total. The zero-order chi connectivity index (χ0) is 21.6. The Morgan fingerprint density at radius 2 is 1.67 bits per heavy atom. The van der Waals surface area contributed by atoms with Crippen LogP contribution in [0.1, 0.15) is 35.7 Å². The lowest BCUT2D eigenvalue weighted by Gasteiger charge is -2.08. The first-order valence-electron chi connectivity index (χ1n) is 10.1. The zero-order valence-corrected chi connectivity index (χ0v) is 17.2. The molecule has 0 radical (unpaired) electrons. The molecule has 7 heteroatoms. The standard InChI is InChI=1S/C23H28N2O5/c1-2-3-15-29-20-11-9-19(10-12-20)23(28)25-16-22(27)30-17-21(26)24-14-13-18-7-5-4-6-8-18/h4-12H,2-3,13-17H2,1H3,(H,24,26)(H,25,28). The lowest BCUT2D eigenvalue weighted by molar-refractivity contribution is -0.147. The van der Waals surface area contributed by atoms with Gasteiger partial charge in [-0.15, -0.1) is 0 Å². The topological polar surface area (TPSA) is 93.7 Å². The molecule has 160 valence electrons. The molecule has 0 saturated carbocycles. The molecule has 0 heterocycles. The van der Waals surface area contributed by atoms with E-state index < -0.39 is 11.9 Å². The molecule has 0 atom stereocenters. The number of carbonyl (C=O) groups excluding carboxylic acids is 3. The average molecular weight is 412 g/mol. The maximum atomic E-state index is 12.1. The summed E-state index contributed by atoms with van der Waals surface area (Å²) in [5.74, 6) is -0.776. The monoisotopic (exact) mass is 412 g/mol. The molecule has 0 aliphatic rings. The van der Waals surface area contributed by atoms with E-state index in [1.807, 2.05) is 30.3 Å². The molecular formula is C23H28N2O5. The molecule has 0 unspecified atom stereocenters. The van der Waals surface area contributed by atoms with E-state index in [1.54, 1.807) is 24.3 Å². The molecule has 2 amide bonds. The third kappa shape index (κ3) is 8.77. The quantitative estimate of drug-likeness (QED) is 0.413. The summed E-state index contributed by atoms with van der Waals surface area (Å²) in [5.41, 5.74) is 1.52. The van der Waals surface area contributed by atoms with Gasteiger partial charge in [-0.1, -0.05) is 43.7 Å². The number of carbonyl (C=O) groups is 3. The number of nitrogens with one attached hydrogen (secondary N) is 2. The zero-order valence-electron chi connectivity index (χ0n) is 17.2. The first kappa shape index (κ1) is 22.9. The molecular weight excluding hydrogens is 384 g/mol. The first-order valence-corrected chi connectivity index (χ1v) is 10.1. The smallest absolute Gasteiger partial charge is 0.325 e. The minimum atomic E-state index is -0.680. The highest BCUT2D eigenvalue weighted by atomic mass is 16.5. The molecule has 0 aliphatic carbocycles. The van der Waals surface area contributed by atoms with Gasteiger partial charge >= 0.3 is 5.97 Å². The summed E-state index contributed by atoms with van der Waals surface area (Å²) in [6, 6.07) is 16.4. The fraction of sp³-hybridized carbons (Fsp3) is 0.348. The van der Waals surface area contributed by atoms with E-state index in [0.717, 1.165) is 18.4 Å². The Labute approximate surface area is 176 Å². The van der Waals surface area contributed by atoms with Crippen molar-refractivity contribution in [3.05, 3.63) is 65.7 Å². The Balaban J connectivity index is 1.61. The van der Waals surface area contributed by atoms with Crippen LogP contribution in [0.2, 0.25) is 0 Å². The number of unbranched alkanes of at least 4 members (excludes halogenated alkanes) is 1. The SMILES string of the molecule is CCCCOc1ccc(C(=O)NCC(=O)OCC(=O)NCCc2ccccc2)cc1. The second-order valence-electron chi connectivity index (χ2n) is 6.66. The van der Waals surface area contributed by atoms with Gasteiger partial charge in [0.15, 0.2) is 6.61 Å². The molecule has 0 spiro atoms. The molecule has 30 heavy (non-hydrogen) atoms. The van der Waals surface area contributed by atoms with E-state index in [0.29, 0.717) is 30.9 Å². The largest absolute Gasteiger partial charge is 0.494 e. The van der Waals surface area contributed by atoms with E-state index in [1.165, 1.54) is 0 Å². The Kier molecular flexibility index (Phi) is 9.92. The van der Waals surface area contributed by atoms with Gasteiger partial charge in [-0.05, 0) is 42.7 Å². The lowest BCUT2D eigenvalue weighted by Crippen LogP contribution is -2.34. The van der Waals surface area contributed by atoms with Gasteiger partial charge in [0.25, 0.3) is 11.8 Å². The van der Waals surface area contributed by atoms with Crippen molar-refractivity contribution in [1.29, 1.82) is 0 Å². The molecule has 0 fully saturated rings. The molecule has 2 aromatic carbocycles. The number of amides is 2. The predicted octanol–water partition coefficient (Wildman–Crippen LogP) is 2.50. The Morgan fingerprint density at radius 3 is 2.37 bits per heavy atom. The summed E-state index contributed by atoms with van der Waals surface area (Å²) in [4.78, 5) is 35.6. The van der Waals surface area contributed by atoms with Crippen LogP contribution in [0, 0.1) is 0 Å². The van der Waals surface area contributed by atoms with Crippen molar-refractivity contribution in [3.63, 3.8) is 0 Å². The van der Waals surface area contributed by atoms with Crippen LogP contribution in [0.15, 0.2) is 54.6 Å². The van der Waals surface area contributed by atoms with Gasteiger partial charge in [0, 0.05) is 12.1 Å². The van der Waals surface area contributed by atoms with Crippen LogP contribution in [0.5, 0.6) is 5.75 Å². The van der Waals surface area contributed by atoms with Gasteiger partial charge in [-0.2, -0.15) is 0 Å². The predicted molar refractivity (Wildman–Crippen MR) is 113 cm³/mol. The highest BCUT2D eigenvalue weighted by Crippen LogP contribution is 2.12. The van der Waals surface area contributed by atoms with Crippen LogP contribution in [0.3, 0.4) is 0 Å². The van der Waals surface area contributed by atoms with Crippen LogP contribution < -0.4 is 15.4 Å². The number of esters is 1. The van der Waals surface area contributed by atoms with Crippen molar-refractivity contribution < 1.29 is 23.9 Å². The Morgan fingerprint density at radius 1 is 0.933 bits per heavy atom. The molecule has 2 N–H and O–H groups in total. The van der Waals surface area contributed by atoms with E-state index >= 15 is 0 Å². The fourth-order valence-corrected chi connectivity index (χ4v) is 2.53. The normalized spacial score (nSPS) is 10.2. The van der Waals surface area contributed by atoms with Gasteiger partial charge in [0.2, 0.25) is 0 Å². The average Bonchev–Trinajstić information content (AvgIpc) is 2.77. The third-order valence-corrected chi connectivity index (χ3v) is 4.22. The van der Waals surface area contributed by atoms with Crippen molar-refractivity contribution >= 4 is 17.8 Å². The number of hydrogen-bond acceptors (Lipinski definition) is 5. The van der Waals surface area contributed by atoms with Gasteiger partial charge in [-0.25, -0.2) is 0 Å². The second kappa shape index (κ2) is 13.0. The highest BCUT2D eigenvalue weighted by molar-refractivity contribution is 5.96. The fourth-order valence-electron chi connectivity index (χ4n) is 2.53. The highest BCUT2D eigenvalue weighted by Gasteiger charge is 2.11. The van der Waals surface area contributed by atoms with E-state index in [9.17, 15) is 14.4 Å². The van der Waals surface area contributed by atoms with Crippen molar-refractivity contribution in [3.8, 4) is 5.75 Å². The number of benzene rings is 2. The van der Waals surface area contributed by atoms with Crippen LogP contribution in [-0.2, 0) is 20.7 Å². The van der Waals surface area contributed by atoms with Crippen molar-refractivity contribution in [2.45, 2.75) is 26.2 Å². The van der Waals surface area contributed by atoms with Gasteiger partial charge in [0.1, 0.15) is 12.3 Å². The molecule has 2 aromatic rings. The number of hydrogen-bond donors (Lipinski definition) is 2. The summed E-state index contributed by atoms with van der Waals surface area (Å²) in [5, 5.41) is 5.16. The summed E-state index contributed by atoms with van der Waals surface area (Å²) in [6.45, 7) is 2.47. The van der Waals surface area contributed by atoms with E-state index in [-0.39, 0.29) is 19.1 Å².